The normalized spacial score (nSPS) is 12.3. The van der Waals surface area contributed by atoms with E-state index in [1.807, 2.05) is 18.2 Å². The number of ether oxygens (including phenoxy) is 2. The minimum absolute atomic E-state index is 0.0571. The van der Waals surface area contributed by atoms with Crippen LogP contribution in [0.2, 0.25) is 0 Å². The van der Waals surface area contributed by atoms with Crippen LogP contribution in [0.4, 0.5) is 0 Å². The molecule has 2 aromatic carbocycles. The van der Waals surface area contributed by atoms with Crippen molar-refractivity contribution in [2.24, 2.45) is 0 Å². The van der Waals surface area contributed by atoms with E-state index in [1.165, 1.54) is 45.3 Å². The average molecular weight is 420 g/mol. The highest BCUT2D eigenvalue weighted by atomic mass is 32.2. The highest BCUT2D eigenvalue weighted by molar-refractivity contribution is 7.89. The summed E-state index contributed by atoms with van der Waals surface area (Å²) in [6.45, 7) is 1.68. The van der Waals surface area contributed by atoms with E-state index in [1.54, 1.807) is 13.2 Å². The molecule has 0 aromatic heterocycles. The molecular formula is C20H24N2O6S. The maximum atomic E-state index is 12.2. The highest BCUT2D eigenvalue weighted by Gasteiger charge is 2.21. The Labute approximate surface area is 170 Å². The molecule has 0 heterocycles. The van der Waals surface area contributed by atoms with Gasteiger partial charge >= 0.3 is 5.97 Å². The van der Waals surface area contributed by atoms with Crippen molar-refractivity contribution < 1.29 is 27.5 Å². The van der Waals surface area contributed by atoms with Crippen LogP contribution in [0.1, 0.15) is 22.8 Å². The third-order valence-corrected chi connectivity index (χ3v) is 6.00. The number of carbonyl (C=O) groups is 2. The molecule has 1 unspecified atom stereocenters. The van der Waals surface area contributed by atoms with E-state index in [4.69, 9.17) is 9.47 Å². The molecule has 0 spiro atoms. The summed E-state index contributed by atoms with van der Waals surface area (Å²) in [4.78, 5) is 24.5. The molecule has 0 aliphatic heterocycles. The van der Waals surface area contributed by atoms with Crippen molar-refractivity contribution in [1.82, 2.24) is 9.62 Å². The fourth-order valence-electron chi connectivity index (χ4n) is 2.43. The molecule has 8 nitrogen and oxygen atoms in total. The van der Waals surface area contributed by atoms with Gasteiger partial charge < -0.3 is 14.8 Å². The maximum Gasteiger partial charge on any atom is 0.338 e. The molecular weight excluding hydrogens is 396 g/mol. The van der Waals surface area contributed by atoms with Crippen LogP contribution in [-0.4, -0.2) is 51.9 Å². The first kappa shape index (κ1) is 22.4. The number of nitrogens with zero attached hydrogens (tertiary/aromatic N) is 1. The fraction of sp³-hybridized carbons (Fsp3) is 0.300. The minimum atomic E-state index is -3.59. The summed E-state index contributed by atoms with van der Waals surface area (Å²) >= 11 is 0. The van der Waals surface area contributed by atoms with Crippen molar-refractivity contribution in [3.8, 4) is 5.75 Å². The fourth-order valence-corrected chi connectivity index (χ4v) is 3.33. The average Bonchev–Trinajstić information content (AvgIpc) is 2.71. The molecule has 1 amide bonds. The van der Waals surface area contributed by atoms with Crippen LogP contribution in [0, 0.1) is 0 Å². The van der Waals surface area contributed by atoms with E-state index in [0.29, 0.717) is 5.75 Å². The Kier molecular flexibility index (Phi) is 7.35. The van der Waals surface area contributed by atoms with Crippen LogP contribution in [0.25, 0.3) is 0 Å². The zero-order valence-corrected chi connectivity index (χ0v) is 17.5. The van der Waals surface area contributed by atoms with E-state index < -0.39 is 28.0 Å². The summed E-state index contributed by atoms with van der Waals surface area (Å²) in [7, 11) is 0.792. The van der Waals surface area contributed by atoms with Gasteiger partial charge in [0.15, 0.2) is 6.10 Å². The van der Waals surface area contributed by atoms with Gasteiger partial charge in [0.2, 0.25) is 10.0 Å². The minimum Gasteiger partial charge on any atom is -0.496 e. The third kappa shape index (κ3) is 5.55. The second-order valence-corrected chi connectivity index (χ2v) is 8.54. The van der Waals surface area contributed by atoms with E-state index in [9.17, 15) is 18.0 Å². The monoisotopic (exact) mass is 420 g/mol. The molecule has 0 fully saturated rings. The molecule has 0 aliphatic carbocycles. The van der Waals surface area contributed by atoms with Crippen LogP contribution in [0.15, 0.2) is 53.4 Å². The number of benzene rings is 2. The molecule has 0 saturated carbocycles. The molecule has 1 atom stereocenters. The molecule has 0 radical (unpaired) electrons. The van der Waals surface area contributed by atoms with Crippen LogP contribution in [-0.2, 0) is 26.1 Å². The lowest BCUT2D eigenvalue weighted by molar-refractivity contribution is -0.129. The van der Waals surface area contributed by atoms with E-state index in [0.717, 1.165) is 9.87 Å². The van der Waals surface area contributed by atoms with Gasteiger partial charge in [-0.3, -0.25) is 4.79 Å². The number of hydrogen-bond donors (Lipinski definition) is 1. The lowest BCUT2D eigenvalue weighted by atomic mass is 10.2. The lowest BCUT2D eigenvalue weighted by Gasteiger charge is -2.15. The van der Waals surface area contributed by atoms with Crippen molar-refractivity contribution in [3.05, 3.63) is 59.7 Å². The van der Waals surface area contributed by atoms with Crippen molar-refractivity contribution in [2.45, 2.75) is 24.5 Å². The van der Waals surface area contributed by atoms with E-state index in [-0.39, 0.29) is 17.0 Å². The molecule has 29 heavy (non-hydrogen) atoms. The first-order valence-corrected chi connectivity index (χ1v) is 10.2. The second-order valence-electron chi connectivity index (χ2n) is 6.39. The van der Waals surface area contributed by atoms with Crippen molar-refractivity contribution in [3.63, 3.8) is 0 Å². The van der Waals surface area contributed by atoms with Gasteiger partial charge in [0.05, 0.1) is 17.6 Å². The lowest BCUT2D eigenvalue weighted by Crippen LogP contribution is -2.35. The Morgan fingerprint density at radius 3 is 2.28 bits per heavy atom. The molecule has 0 aliphatic rings. The smallest absolute Gasteiger partial charge is 0.338 e. The summed E-state index contributed by atoms with van der Waals surface area (Å²) in [5.41, 5.74) is 0.937. The van der Waals surface area contributed by atoms with Crippen LogP contribution in [0.5, 0.6) is 5.75 Å². The zero-order chi connectivity index (χ0) is 21.6. The summed E-state index contributed by atoms with van der Waals surface area (Å²) in [6, 6.07) is 12.6. The number of carbonyl (C=O) groups excluding carboxylic acids is 2. The number of methoxy groups -OCH3 is 1. The van der Waals surface area contributed by atoms with Crippen molar-refractivity contribution in [2.75, 3.05) is 21.2 Å². The van der Waals surface area contributed by atoms with Gasteiger partial charge in [-0.25, -0.2) is 17.5 Å². The van der Waals surface area contributed by atoms with Gasteiger partial charge in [0.1, 0.15) is 5.75 Å². The predicted octanol–water partition coefficient (Wildman–Crippen LogP) is 1.81. The first-order valence-electron chi connectivity index (χ1n) is 8.80. The largest absolute Gasteiger partial charge is 0.496 e. The first-order chi connectivity index (χ1) is 13.7. The molecule has 0 bridgehead atoms. The van der Waals surface area contributed by atoms with E-state index >= 15 is 0 Å². The summed E-state index contributed by atoms with van der Waals surface area (Å²) in [5, 5.41) is 2.69. The number of hydrogen-bond acceptors (Lipinski definition) is 6. The molecule has 1 N–H and O–H groups in total. The summed E-state index contributed by atoms with van der Waals surface area (Å²) in [6.07, 6.45) is -1.03. The van der Waals surface area contributed by atoms with Gasteiger partial charge in [-0.2, -0.15) is 0 Å². The number of nitrogens with one attached hydrogen (secondary N) is 1. The Morgan fingerprint density at radius 2 is 1.69 bits per heavy atom. The standard InChI is InChI=1S/C20H24N2O6S/c1-14(19(23)21-13-16-7-5-6-8-18(16)27-4)28-20(24)15-9-11-17(12-10-15)29(25,26)22(2)3/h5-12,14H,13H2,1-4H3,(H,21,23). The molecule has 9 heteroatoms. The molecule has 2 rings (SSSR count). The van der Waals surface area contributed by atoms with E-state index in [2.05, 4.69) is 5.32 Å². The van der Waals surface area contributed by atoms with Gasteiger partial charge in [-0.05, 0) is 37.3 Å². The number of esters is 1. The quantitative estimate of drug-likeness (QED) is 0.654. The Balaban J connectivity index is 1.96. The number of amides is 1. The molecule has 156 valence electrons. The number of rotatable bonds is 8. The summed E-state index contributed by atoms with van der Waals surface area (Å²) in [5.74, 6) is -0.542. The number of sulfonamides is 1. The van der Waals surface area contributed by atoms with Crippen molar-refractivity contribution in [1.29, 1.82) is 0 Å². The van der Waals surface area contributed by atoms with Gasteiger partial charge in [-0.1, -0.05) is 18.2 Å². The Bertz CT molecular complexity index is 971. The van der Waals surface area contributed by atoms with Crippen LogP contribution in [0.3, 0.4) is 0 Å². The van der Waals surface area contributed by atoms with Gasteiger partial charge in [0, 0.05) is 26.2 Å². The van der Waals surface area contributed by atoms with Gasteiger partial charge in [0.25, 0.3) is 5.91 Å². The molecule has 2 aromatic rings. The number of para-hydroxylation sites is 1. The SMILES string of the molecule is COc1ccccc1CNC(=O)C(C)OC(=O)c1ccc(S(=O)(=O)N(C)C)cc1. The molecule has 0 saturated heterocycles. The Morgan fingerprint density at radius 1 is 1.07 bits per heavy atom. The van der Waals surface area contributed by atoms with Crippen LogP contribution >= 0.6 is 0 Å². The topological polar surface area (TPSA) is 102 Å². The Hall–Kier alpha value is -2.91. The van der Waals surface area contributed by atoms with Crippen LogP contribution < -0.4 is 10.1 Å². The third-order valence-electron chi connectivity index (χ3n) is 4.17. The highest BCUT2D eigenvalue weighted by Crippen LogP contribution is 2.17. The second kappa shape index (κ2) is 9.53. The maximum absolute atomic E-state index is 12.2. The predicted molar refractivity (Wildman–Crippen MR) is 107 cm³/mol. The van der Waals surface area contributed by atoms with Gasteiger partial charge in [-0.15, -0.1) is 0 Å². The summed E-state index contributed by atoms with van der Waals surface area (Å²) < 4.78 is 35.6. The van der Waals surface area contributed by atoms with Crippen molar-refractivity contribution >= 4 is 21.9 Å². The zero-order valence-electron chi connectivity index (χ0n) is 16.7.